The van der Waals surface area contributed by atoms with Gasteiger partial charge in [-0.2, -0.15) is 0 Å². The first-order valence-electron chi connectivity index (χ1n) is 9.75. The minimum atomic E-state index is -0.220. The molecule has 29 heavy (non-hydrogen) atoms. The molecule has 7 heteroatoms. The normalized spacial score (nSPS) is 11.3. The molecule has 0 saturated heterocycles. The van der Waals surface area contributed by atoms with Crippen molar-refractivity contribution < 1.29 is 14.4 Å². The van der Waals surface area contributed by atoms with Crippen molar-refractivity contribution in [3.05, 3.63) is 54.1 Å². The van der Waals surface area contributed by atoms with Gasteiger partial charge in [-0.25, -0.2) is 0 Å². The van der Waals surface area contributed by atoms with Gasteiger partial charge < -0.3 is 21.3 Å². The smallest absolute Gasteiger partial charge is 0.251 e. The number of anilines is 3. The summed E-state index contributed by atoms with van der Waals surface area (Å²) in [7, 11) is 0. The Hall–Kier alpha value is -3.35. The van der Waals surface area contributed by atoms with Gasteiger partial charge in [0.2, 0.25) is 11.8 Å². The molecule has 0 fully saturated rings. The maximum absolute atomic E-state index is 12.2. The van der Waals surface area contributed by atoms with Crippen LogP contribution in [-0.2, 0) is 9.59 Å². The molecule has 3 amide bonds. The Labute approximate surface area is 171 Å². The van der Waals surface area contributed by atoms with Gasteiger partial charge in [-0.1, -0.05) is 19.9 Å². The van der Waals surface area contributed by atoms with Crippen molar-refractivity contribution in [3.8, 4) is 0 Å². The molecule has 154 valence electrons. The molecule has 1 unspecified atom stereocenters. The second-order valence-electron chi connectivity index (χ2n) is 6.74. The molecule has 0 heterocycles. The first-order chi connectivity index (χ1) is 13.9. The largest absolute Gasteiger partial charge is 0.376 e. The van der Waals surface area contributed by atoms with E-state index in [1.165, 1.54) is 0 Å². The van der Waals surface area contributed by atoms with Gasteiger partial charge in [-0.15, -0.1) is 0 Å². The standard InChI is InChI=1S/C22H28N4O3/c1-4-15(3)24-22(29)16-9-11-17(12-10-16)23-14-21(28)26-19-8-6-7-18(13-19)25-20(27)5-2/h6-13,15,23H,4-5,14H2,1-3H3,(H,24,29)(H,25,27)(H,26,28). The Morgan fingerprint density at radius 2 is 1.48 bits per heavy atom. The molecule has 0 spiro atoms. The van der Waals surface area contributed by atoms with Crippen LogP contribution in [0.4, 0.5) is 17.1 Å². The lowest BCUT2D eigenvalue weighted by molar-refractivity contribution is -0.116. The summed E-state index contributed by atoms with van der Waals surface area (Å²) in [5, 5.41) is 11.5. The molecule has 2 aromatic rings. The van der Waals surface area contributed by atoms with Crippen LogP contribution in [0.2, 0.25) is 0 Å². The van der Waals surface area contributed by atoms with Crippen molar-refractivity contribution in [2.45, 2.75) is 39.7 Å². The van der Waals surface area contributed by atoms with Gasteiger partial charge >= 0.3 is 0 Å². The number of carbonyl (C=O) groups is 3. The Balaban J connectivity index is 1.85. The number of hydrogen-bond donors (Lipinski definition) is 4. The predicted octanol–water partition coefficient (Wildman–Crippen LogP) is 3.61. The number of benzene rings is 2. The summed E-state index contributed by atoms with van der Waals surface area (Å²) in [6.07, 6.45) is 1.26. The fraction of sp³-hybridized carbons (Fsp3) is 0.318. The topological polar surface area (TPSA) is 99.3 Å². The number of nitrogens with one attached hydrogen (secondary N) is 4. The van der Waals surface area contributed by atoms with Crippen LogP contribution >= 0.6 is 0 Å². The predicted molar refractivity (Wildman–Crippen MR) is 116 cm³/mol. The van der Waals surface area contributed by atoms with E-state index in [9.17, 15) is 14.4 Å². The molecule has 0 aliphatic heterocycles. The molecule has 0 radical (unpaired) electrons. The van der Waals surface area contributed by atoms with E-state index in [-0.39, 0.29) is 30.3 Å². The molecule has 0 aromatic heterocycles. The van der Waals surface area contributed by atoms with Crippen LogP contribution in [0, 0.1) is 0 Å². The zero-order valence-corrected chi connectivity index (χ0v) is 17.0. The van der Waals surface area contributed by atoms with Gasteiger partial charge in [0, 0.05) is 35.1 Å². The SMILES string of the molecule is CCC(=O)Nc1cccc(NC(=O)CNc2ccc(C(=O)NC(C)CC)cc2)c1. The van der Waals surface area contributed by atoms with E-state index in [1.807, 2.05) is 13.8 Å². The molecule has 0 aliphatic carbocycles. The van der Waals surface area contributed by atoms with Crippen LogP contribution in [0.5, 0.6) is 0 Å². The highest BCUT2D eigenvalue weighted by atomic mass is 16.2. The summed E-state index contributed by atoms with van der Waals surface area (Å²) in [4.78, 5) is 35.7. The van der Waals surface area contributed by atoms with Crippen LogP contribution in [0.1, 0.15) is 44.0 Å². The van der Waals surface area contributed by atoms with Gasteiger partial charge in [0.05, 0.1) is 6.54 Å². The van der Waals surface area contributed by atoms with E-state index >= 15 is 0 Å². The summed E-state index contributed by atoms with van der Waals surface area (Å²) >= 11 is 0. The summed E-state index contributed by atoms with van der Waals surface area (Å²) in [5.41, 5.74) is 2.55. The Morgan fingerprint density at radius 1 is 0.862 bits per heavy atom. The zero-order valence-electron chi connectivity index (χ0n) is 17.0. The first kappa shape index (κ1) is 21.9. The van der Waals surface area contributed by atoms with E-state index in [4.69, 9.17) is 0 Å². The second-order valence-corrected chi connectivity index (χ2v) is 6.74. The van der Waals surface area contributed by atoms with E-state index in [0.29, 0.717) is 23.4 Å². The third-order valence-electron chi connectivity index (χ3n) is 4.34. The Kier molecular flexibility index (Phi) is 8.21. The summed E-state index contributed by atoms with van der Waals surface area (Å²) in [6, 6.07) is 14.1. The third-order valence-corrected chi connectivity index (χ3v) is 4.34. The average Bonchev–Trinajstić information content (AvgIpc) is 2.72. The number of amides is 3. The lowest BCUT2D eigenvalue weighted by Gasteiger charge is -2.12. The molecule has 2 aromatic carbocycles. The lowest BCUT2D eigenvalue weighted by Crippen LogP contribution is -2.31. The minimum Gasteiger partial charge on any atom is -0.376 e. The molecule has 0 saturated carbocycles. The highest BCUT2D eigenvalue weighted by Gasteiger charge is 2.09. The van der Waals surface area contributed by atoms with Crippen LogP contribution in [0.3, 0.4) is 0 Å². The van der Waals surface area contributed by atoms with Gasteiger partial charge in [-0.05, 0) is 55.8 Å². The Bertz CT molecular complexity index is 849. The van der Waals surface area contributed by atoms with Crippen molar-refractivity contribution in [1.29, 1.82) is 0 Å². The van der Waals surface area contributed by atoms with Crippen molar-refractivity contribution >= 4 is 34.8 Å². The third kappa shape index (κ3) is 7.29. The summed E-state index contributed by atoms with van der Waals surface area (Å²) in [5.74, 6) is -0.419. The molecular weight excluding hydrogens is 368 g/mol. The van der Waals surface area contributed by atoms with Gasteiger partial charge in [0.1, 0.15) is 0 Å². The summed E-state index contributed by atoms with van der Waals surface area (Å²) in [6.45, 7) is 5.82. The second kappa shape index (κ2) is 10.8. The monoisotopic (exact) mass is 396 g/mol. The maximum Gasteiger partial charge on any atom is 0.251 e. The number of carbonyl (C=O) groups excluding carboxylic acids is 3. The number of rotatable bonds is 9. The zero-order chi connectivity index (χ0) is 21.2. The van der Waals surface area contributed by atoms with Gasteiger partial charge in [0.25, 0.3) is 5.91 Å². The molecule has 2 rings (SSSR count). The number of hydrogen-bond acceptors (Lipinski definition) is 4. The van der Waals surface area contributed by atoms with Crippen molar-refractivity contribution in [2.24, 2.45) is 0 Å². The van der Waals surface area contributed by atoms with Crippen LogP contribution < -0.4 is 21.3 Å². The highest BCUT2D eigenvalue weighted by Crippen LogP contribution is 2.15. The average molecular weight is 396 g/mol. The van der Waals surface area contributed by atoms with Crippen LogP contribution in [0.25, 0.3) is 0 Å². The van der Waals surface area contributed by atoms with Gasteiger partial charge in [-0.3, -0.25) is 14.4 Å². The van der Waals surface area contributed by atoms with Crippen LogP contribution in [0.15, 0.2) is 48.5 Å². The maximum atomic E-state index is 12.2. The summed E-state index contributed by atoms with van der Waals surface area (Å²) < 4.78 is 0. The molecule has 4 N–H and O–H groups in total. The van der Waals surface area contributed by atoms with E-state index in [0.717, 1.165) is 12.1 Å². The highest BCUT2D eigenvalue weighted by molar-refractivity contribution is 5.96. The molecule has 7 nitrogen and oxygen atoms in total. The van der Waals surface area contributed by atoms with Gasteiger partial charge in [0.15, 0.2) is 0 Å². The minimum absolute atomic E-state index is 0.0734. The fourth-order valence-corrected chi connectivity index (χ4v) is 2.46. The van der Waals surface area contributed by atoms with Crippen molar-refractivity contribution in [1.82, 2.24) is 5.32 Å². The molecule has 1 atom stereocenters. The van der Waals surface area contributed by atoms with E-state index in [1.54, 1.807) is 55.5 Å². The van der Waals surface area contributed by atoms with E-state index in [2.05, 4.69) is 21.3 Å². The van der Waals surface area contributed by atoms with Crippen LogP contribution in [-0.4, -0.2) is 30.3 Å². The van der Waals surface area contributed by atoms with Crippen molar-refractivity contribution in [2.75, 3.05) is 22.5 Å². The fourth-order valence-electron chi connectivity index (χ4n) is 2.46. The van der Waals surface area contributed by atoms with E-state index < -0.39 is 0 Å². The Morgan fingerprint density at radius 3 is 2.07 bits per heavy atom. The quantitative estimate of drug-likeness (QED) is 0.520. The van der Waals surface area contributed by atoms with Crippen molar-refractivity contribution in [3.63, 3.8) is 0 Å². The lowest BCUT2D eigenvalue weighted by atomic mass is 10.1. The molecule has 0 bridgehead atoms. The molecular formula is C22H28N4O3. The first-order valence-corrected chi connectivity index (χ1v) is 9.75. The molecule has 0 aliphatic rings.